The lowest BCUT2D eigenvalue weighted by atomic mass is 9.81. The van der Waals surface area contributed by atoms with E-state index in [9.17, 15) is 14.7 Å². The highest BCUT2D eigenvalue weighted by atomic mass is 16.3. The molecule has 2 heterocycles. The number of Topliss-reactive ketones (excluding diaryl/α,β-unsaturated/α-hetero) is 1. The van der Waals surface area contributed by atoms with Crippen molar-refractivity contribution in [2.75, 3.05) is 0 Å². The molecule has 0 bridgehead atoms. The Hall–Kier alpha value is -4.82. The van der Waals surface area contributed by atoms with Gasteiger partial charge in [-0.25, -0.2) is 0 Å². The van der Waals surface area contributed by atoms with Crippen molar-refractivity contribution < 1.29 is 14.7 Å². The van der Waals surface area contributed by atoms with E-state index in [4.69, 9.17) is 0 Å². The van der Waals surface area contributed by atoms with E-state index in [1.807, 2.05) is 91.9 Å². The number of H-pyrrole nitrogens is 1. The number of benzene rings is 3. The predicted octanol–water partition coefficient (Wildman–Crippen LogP) is 5.09. The lowest BCUT2D eigenvalue weighted by Gasteiger charge is -2.28. The maximum Gasteiger partial charge on any atom is 0.270 e. The summed E-state index contributed by atoms with van der Waals surface area (Å²) in [5.41, 5.74) is 5.08. The van der Waals surface area contributed by atoms with Crippen LogP contribution in [-0.2, 0) is 23.9 Å². The van der Waals surface area contributed by atoms with E-state index in [1.54, 1.807) is 33.2 Å². The largest absolute Gasteiger partial charge is 0.384 e. The van der Waals surface area contributed by atoms with Crippen molar-refractivity contribution in [3.05, 3.63) is 131 Å². The maximum absolute atomic E-state index is 14.2. The molecule has 0 radical (unpaired) electrons. The fraction of sp³-hybridized carbons (Fsp3) is 0.235. The first-order chi connectivity index (χ1) is 20.1. The molecule has 0 aliphatic heterocycles. The number of nitrogens with one attached hydrogen (secondary N) is 2. The van der Waals surface area contributed by atoms with Crippen LogP contribution in [0.3, 0.4) is 0 Å². The van der Waals surface area contributed by atoms with Crippen molar-refractivity contribution in [2.24, 2.45) is 7.05 Å². The van der Waals surface area contributed by atoms with E-state index in [2.05, 4.69) is 20.6 Å². The molecule has 214 valence electrons. The number of carbonyl (C=O) groups excluding carboxylic acids is 2. The molecule has 0 saturated carbocycles. The van der Waals surface area contributed by atoms with Crippen LogP contribution in [0.1, 0.15) is 58.3 Å². The van der Waals surface area contributed by atoms with Crippen molar-refractivity contribution in [2.45, 2.75) is 44.8 Å². The third-order valence-electron chi connectivity index (χ3n) is 7.49. The number of aryl methyl sites for hydroxylation is 2. The first-order valence-electron chi connectivity index (χ1n) is 13.9. The molecule has 0 unspecified atom stereocenters. The Labute approximate surface area is 245 Å². The van der Waals surface area contributed by atoms with E-state index in [1.165, 1.54) is 4.68 Å². The van der Waals surface area contributed by atoms with Crippen molar-refractivity contribution in [3.8, 4) is 11.1 Å². The molecule has 0 saturated heterocycles. The number of nitrogens with zero attached hydrogens (tertiary/aromatic N) is 3. The molecule has 42 heavy (non-hydrogen) atoms. The minimum atomic E-state index is -1.11. The van der Waals surface area contributed by atoms with Gasteiger partial charge in [-0.2, -0.15) is 10.2 Å². The Morgan fingerprint density at radius 3 is 2.05 bits per heavy atom. The summed E-state index contributed by atoms with van der Waals surface area (Å²) in [7, 11) is 1.70. The lowest BCUT2D eigenvalue weighted by Crippen LogP contribution is -2.46. The normalized spacial score (nSPS) is 12.3. The molecule has 2 aromatic heterocycles. The Morgan fingerprint density at radius 1 is 0.929 bits per heavy atom. The molecular weight excluding hydrogens is 526 g/mol. The van der Waals surface area contributed by atoms with E-state index in [-0.39, 0.29) is 18.1 Å². The van der Waals surface area contributed by atoms with Gasteiger partial charge in [0.15, 0.2) is 5.78 Å². The van der Waals surface area contributed by atoms with Crippen LogP contribution in [0.15, 0.2) is 97.2 Å². The molecule has 0 spiro atoms. The highest BCUT2D eigenvalue weighted by Gasteiger charge is 2.33. The number of ketones is 1. The standard InChI is InChI=1S/C34H35N5O3/c1-22-29(32(38-37-22)34(2,3)42)26-17-15-23(16-18-26)21-28(40)31(36-33(41)27-19-20-35-39(27)4)30(24-11-7-5-8-12-24)25-13-9-6-10-14-25/h5-20,30-31,42H,21H2,1-4H3,(H,36,41)(H,37,38)/t31-/m1/s1. The number of aromatic amines is 1. The highest BCUT2D eigenvalue weighted by Crippen LogP contribution is 2.33. The van der Waals surface area contributed by atoms with Crippen LogP contribution in [0.5, 0.6) is 0 Å². The first kappa shape index (κ1) is 28.7. The summed E-state index contributed by atoms with van der Waals surface area (Å²) in [5, 5.41) is 25.1. The number of hydrogen-bond acceptors (Lipinski definition) is 5. The number of carbonyl (C=O) groups is 2. The summed E-state index contributed by atoms with van der Waals surface area (Å²) in [6.07, 6.45) is 1.68. The molecule has 3 aromatic carbocycles. The zero-order valence-corrected chi connectivity index (χ0v) is 24.2. The predicted molar refractivity (Wildman–Crippen MR) is 162 cm³/mol. The van der Waals surface area contributed by atoms with Crippen molar-refractivity contribution in [1.29, 1.82) is 0 Å². The summed E-state index contributed by atoms with van der Waals surface area (Å²) < 4.78 is 1.50. The number of aliphatic hydroxyl groups is 1. The molecule has 5 rings (SSSR count). The van der Waals surface area contributed by atoms with Gasteiger partial charge in [-0.15, -0.1) is 0 Å². The van der Waals surface area contributed by atoms with Crippen LogP contribution in [0.4, 0.5) is 0 Å². The summed E-state index contributed by atoms with van der Waals surface area (Å²) in [5.74, 6) is -0.887. The number of aromatic nitrogens is 4. The van der Waals surface area contributed by atoms with Gasteiger partial charge in [0.25, 0.3) is 5.91 Å². The minimum absolute atomic E-state index is 0.118. The van der Waals surface area contributed by atoms with Crippen molar-refractivity contribution in [3.63, 3.8) is 0 Å². The van der Waals surface area contributed by atoms with E-state index >= 15 is 0 Å². The molecule has 0 fully saturated rings. The van der Waals surface area contributed by atoms with Crippen LogP contribution in [0, 0.1) is 6.92 Å². The van der Waals surface area contributed by atoms with E-state index in [0.29, 0.717) is 11.4 Å². The Balaban J connectivity index is 1.49. The second-order valence-corrected chi connectivity index (χ2v) is 11.1. The van der Waals surface area contributed by atoms with Gasteiger partial charge in [-0.1, -0.05) is 84.9 Å². The monoisotopic (exact) mass is 561 g/mol. The fourth-order valence-corrected chi connectivity index (χ4v) is 5.39. The third kappa shape index (κ3) is 6.09. The maximum atomic E-state index is 14.2. The van der Waals surface area contributed by atoms with Crippen molar-refractivity contribution in [1.82, 2.24) is 25.3 Å². The van der Waals surface area contributed by atoms with E-state index in [0.717, 1.165) is 33.5 Å². The quantitative estimate of drug-likeness (QED) is 0.220. The van der Waals surface area contributed by atoms with Crippen LogP contribution in [0.2, 0.25) is 0 Å². The minimum Gasteiger partial charge on any atom is -0.384 e. The smallest absolute Gasteiger partial charge is 0.270 e. The Morgan fingerprint density at radius 2 is 1.52 bits per heavy atom. The van der Waals surface area contributed by atoms with Gasteiger partial charge in [-0.05, 0) is 49.1 Å². The average Bonchev–Trinajstić information content (AvgIpc) is 3.59. The number of rotatable bonds is 10. The van der Waals surface area contributed by atoms with Crippen LogP contribution >= 0.6 is 0 Å². The van der Waals surface area contributed by atoms with Gasteiger partial charge in [0, 0.05) is 36.8 Å². The van der Waals surface area contributed by atoms with Crippen LogP contribution < -0.4 is 5.32 Å². The second-order valence-electron chi connectivity index (χ2n) is 11.1. The van der Waals surface area contributed by atoms with Gasteiger partial charge < -0.3 is 10.4 Å². The fourth-order valence-electron chi connectivity index (χ4n) is 5.39. The second kappa shape index (κ2) is 12.0. The van der Waals surface area contributed by atoms with Crippen molar-refractivity contribution >= 4 is 11.7 Å². The lowest BCUT2D eigenvalue weighted by molar-refractivity contribution is -0.120. The molecule has 8 nitrogen and oxygen atoms in total. The molecule has 0 aliphatic rings. The zero-order chi connectivity index (χ0) is 29.9. The summed E-state index contributed by atoms with van der Waals surface area (Å²) in [4.78, 5) is 27.6. The number of hydrogen-bond donors (Lipinski definition) is 3. The van der Waals surface area contributed by atoms with Crippen LogP contribution in [-0.4, -0.2) is 42.8 Å². The van der Waals surface area contributed by atoms with Gasteiger partial charge in [0.05, 0.1) is 6.04 Å². The Bertz CT molecular complexity index is 1630. The summed E-state index contributed by atoms with van der Waals surface area (Å²) in [6, 6.07) is 28.0. The van der Waals surface area contributed by atoms with Gasteiger partial charge in [0.2, 0.25) is 0 Å². The average molecular weight is 562 g/mol. The molecule has 3 N–H and O–H groups in total. The summed E-state index contributed by atoms with van der Waals surface area (Å²) >= 11 is 0. The van der Waals surface area contributed by atoms with Gasteiger partial charge in [-0.3, -0.25) is 19.4 Å². The molecule has 8 heteroatoms. The SMILES string of the molecule is Cc1[nH]nc(C(C)(C)O)c1-c1ccc(CC(=O)[C@@H](NC(=O)c2ccnn2C)C(c2ccccc2)c2ccccc2)cc1. The molecular formula is C34H35N5O3. The van der Waals surface area contributed by atoms with E-state index < -0.39 is 17.6 Å². The number of amides is 1. The molecule has 5 aromatic rings. The Kier molecular flexibility index (Phi) is 8.17. The first-order valence-corrected chi connectivity index (χ1v) is 13.9. The zero-order valence-electron chi connectivity index (χ0n) is 24.2. The highest BCUT2D eigenvalue weighted by molar-refractivity contribution is 5.98. The molecule has 1 amide bonds. The summed E-state index contributed by atoms with van der Waals surface area (Å²) in [6.45, 7) is 5.32. The van der Waals surface area contributed by atoms with Crippen LogP contribution in [0.25, 0.3) is 11.1 Å². The van der Waals surface area contributed by atoms with Gasteiger partial charge in [0.1, 0.15) is 17.0 Å². The van der Waals surface area contributed by atoms with Gasteiger partial charge >= 0.3 is 0 Å². The molecule has 0 aliphatic carbocycles. The third-order valence-corrected chi connectivity index (χ3v) is 7.49. The topological polar surface area (TPSA) is 113 Å². The molecule has 1 atom stereocenters.